The third-order valence-corrected chi connectivity index (χ3v) is 7.89. The summed E-state index contributed by atoms with van der Waals surface area (Å²) in [4.78, 5) is 21.1. The number of carbonyl (C=O) groups is 1. The van der Waals surface area contributed by atoms with Crippen molar-refractivity contribution >= 4 is 39.1 Å². The third kappa shape index (κ3) is 4.03. The SMILES string of the molecule is CCN1c2ccccc2-c2nc(SCC(=O)Nc3ccc(C)c(C)c3)ncc2S1(=O)=O. The summed E-state index contributed by atoms with van der Waals surface area (Å²) < 4.78 is 27.4. The van der Waals surface area contributed by atoms with Crippen LogP contribution in [0.4, 0.5) is 11.4 Å². The molecular weight excluding hydrogens is 432 g/mol. The van der Waals surface area contributed by atoms with Gasteiger partial charge in [-0.15, -0.1) is 0 Å². The Morgan fingerprint density at radius 2 is 1.90 bits per heavy atom. The molecule has 1 aromatic heterocycles. The molecule has 31 heavy (non-hydrogen) atoms. The van der Waals surface area contributed by atoms with Crippen molar-refractivity contribution in [3.8, 4) is 11.3 Å². The highest BCUT2D eigenvalue weighted by molar-refractivity contribution is 7.99. The topological polar surface area (TPSA) is 92.3 Å². The molecule has 3 aromatic rings. The fourth-order valence-corrected chi connectivity index (χ4v) is 5.63. The van der Waals surface area contributed by atoms with Gasteiger partial charge in [-0.3, -0.25) is 9.10 Å². The predicted molar refractivity (Wildman–Crippen MR) is 123 cm³/mol. The Balaban J connectivity index is 1.56. The number of amides is 1. The van der Waals surface area contributed by atoms with E-state index < -0.39 is 10.0 Å². The van der Waals surface area contributed by atoms with Gasteiger partial charge < -0.3 is 5.32 Å². The summed E-state index contributed by atoms with van der Waals surface area (Å²) in [6, 6.07) is 13.0. The normalized spacial score (nSPS) is 14.0. The second-order valence-electron chi connectivity index (χ2n) is 7.19. The molecule has 9 heteroatoms. The van der Waals surface area contributed by atoms with Crippen LogP contribution in [0.2, 0.25) is 0 Å². The molecule has 0 saturated heterocycles. The maximum atomic E-state index is 13.0. The van der Waals surface area contributed by atoms with Crippen LogP contribution in [0.25, 0.3) is 11.3 Å². The molecule has 0 saturated carbocycles. The average molecular weight is 455 g/mol. The second kappa shape index (κ2) is 8.32. The Hall–Kier alpha value is -2.91. The van der Waals surface area contributed by atoms with Gasteiger partial charge in [0.05, 0.1) is 23.3 Å². The van der Waals surface area contributed by atoms with E-state index in [-0.39, 0.29) is 16.6 Å². The Morgan fingerprint density at radius 1 is 1.13 bits per heavy atom. The maximum absolute atomic E-state index is 13.0. The lowest BCUT2D eigenvalue weighted by Gasteiger charge is -2.30. The zero-order valence-corrected chi connectivity index (χ0v) is 19.0. The van der Waals surface area contributed by atoms with E-state index in [9.17, 15) is 13.2 Å². The summed E-state index contributed by atoms with van der Waals surface area (Å²) in [5, 5.41) is 3.22. The molecule has 0 fully saturated rings. The number of aromatic nitrogens is 2. The number of benzene rings is 2. The van der Waals surface area contributed by atoms with Crippen LogP contribution >= 0.6 is 11.8 Å². The number of nitrogens with one attached hydrogen (secondary N) is 1. The Morgan fingerprint density at radius 3 is 2.65 bits per heavy atom. The molecule has 0 aliphatic carbocycles. The quantitative estimate of drug-likeness (QED) is 0.462. The van der Waals surface area contributed by atoms with Crippen molar-refractivity contribution in [2.24, 2.45) is 0 Å². The van der Waals surface area contributed by atoms with Gasteiger partial charge in [-0.25, -0.2) is 18.4 Å². The highest BCUT2D eigenvalue weighted by Gasteiger charge is 2.35. The molecule has 0 atom stereocenters. The van der Waals surface area contributed by atoms with Crippen molar-refractivity contribution in [3.05, 3.63) is 59.8 Å². The maximum Gasteiger partial charge on any atom is 0.268 e. The van der Waals surface area contributed by atoms with Crippen molar-refractivity contribution in [1.82, 2.24) is 9.97 Å². The largest absolute Gasteiger partial charge is 0.325 e. The third-order valence-electron chi connectivity index (χ3n) is 5.14. The minimum atomic E-state index is -3.72. The number of para-hydroxylation sites is 1. The van der Waals surface area contributed by atoms with E-state index in [1.165, 1.54) is 22.3 Å². The van der Waals surface area contributed by atoms with E-state index in [0.717, 1.165) is 22.4 Å². The van der Waals surface area contributed by atoms with Gasteiger partial charge in [0.2, 0.25) is 5.91 Å². The van der Waals surface area contributed by atoms with Gasteiger partial charge in [0.15, 0.2) is 5.16 Å². The van der Waals surface area contributed by atoms with Gasteiger partial charge in [0, 0.05) is 17.8 Å². The van der Waals surface area contributed by atoms with Crippen LogP contribution in [0.5, 0.6) is 0 Å². The summed E-state index contributed by atoms with van der Waals surface area (Å²) in [5.74, 6) is -0.0685. The molecule has 2 heterocycles. The highest BCUT2D eigenvalue weighted by atomic mass is 32.2. The van der Waals surface area contributed by atoms with Crippen LogP contribution in [0.1, 0.15) is 18.1 Å². The van der Waals surface area contributed by atoms with Gasteiger partial charge >= 0.3 is 0 Å². The molecular formula is C22H22N4O3S2. The minimum absolute atomic E-state index is 0.0805. The number of rotatable bonds is 5. The van der Waals surface area contributed by atoms with Crippen LogP contribution in [0, 0.1) is 13.8 Å². The number of thioether (sulfide) groups is 1. The van der Waals surface area contributed by atoms with Crippen LogP contribution in [0.15, 0.2) is 58.7 Å². The summed E-state index contributed by atoms with van der Waals surface area (Å²) in [6.45, 7) is 6.11. The number of nitrogens with zero attached hydrogens (tertiary/aromatic N) is 3. The van der Waals surface area contributed by atoms with Gasteiger partial charge in [0.1, 0.15) is 4.90 Å². The van der Waals surface area contributed by atoms with Crippen molar-refractivity contribution in [3.63, 3.8) is 0 Å². The summed E-state index contributed by atoms with van der Waals surface area (Å²) in [7, 11) is -3.72. The highest BCUT2D eigenvalue weighted by Crippen LogP contribution is 2.41. The molecule has 1 aliphatic heterocycles. The van der Waals surface area contributed by atoms with Crippen molar-refractivity contribution in [2.45, 2.75) is 30.8 Å². The summed E-state index contributed by atoms with van der Waals surface area (Å²) in [5.41, 5.74) is 4.70. The average Bonchev–Trinajstić information content (AvgIpc) is 2.75. The molecule has 7 nitrogen and oxygen atoms in total. The van der Waals surface area contributed by atoms with E-state index >= 15 is 0 Å². The zero-order valence-electron chi connectivity index (χ0n) is 17.4. The van der Waals surface area contributed by atoms with Crippen molar-refractivity contribution < 1.29 is 13.2 Å². The Labute approximate surface area is 186 Å². The van der Waals surface area contributed by atoms with E-state index in [1.54, 1.807) is 19.1 Å². The lowest BCUT2D eigenvalue weighted by Crippen LogP contribution is -2.34. The Bertz CT molecular complexity index is 1280. The molecule has 0 radical (unpaired) electrons. The summed E-state index contributed by atoms with van der Waals surface area (Å²) >= 11 is 1.17. The first-order valence-corrected chi connectivity index (χ1v) is 12.2. The number of aryl methyl sites for hydroxylation is 2. The summed E-state index contributed by atoms with van der Waals surface area (Å²) in [6.07, 6.45) is 1.33. The second-order valence-corrected chi connectivity index (χ2v) is 9.96. The van der Waals surface area contributed by atoms with Crippen molar-refractivity contribution in [2.75, 3.05) is 21.9 Å². The molecule has 4 rings (SSSR count). The van der Waals surface area contributed by atoms with Gasteiger partial charge in [-0.1, -0.05) is 36.0 Å². The van der Waals surface area contributed by atoms with Gasteiger partial charge in [-0.05, 0) is 50.1 Å². The van der Waals surface area contributed by atoms with Crippen LogP contribution in [-0.2, 0) is 14.8 Å². The molecule has 0 bridgehead atoms. The fourth-order valence-electron chi connectivity index (χ4n) is 3.43. The smallest absolute Gasteiger partial charge is 0.268 e. The van der Waals surface area contributed by atoms with E-state index in [1.807, 2.05) is 44.2 Å². The van der Waals surface area contributed by atoms with Gasteiger partial charge in [-0.2, -0.15) is 0 Å². The Kier molecular flexibility index (Phi) is 5.72. The van der Waals surface area contributed by atoms with E-state index in [0.29, 0.717) is 23.1 Å². The number of anilines is 2. The standard InChI is InChI=1S/C22H22N4O3S2/c1-4-26-18-8-6-5-7-17(18)21-19(31(26,28)29)12-23-22(25-21)30-13-20(27)24-16-10-9-14(2)15(3)11-16/h5-12H,4,13H2,1-3H3,(H,24,27). The molecule has 0 spiro atoms. The predicted octanol–water partition coefficient (Wildman–Crippen LogP) is 4.02. The van der Waals surface area contributed by atoms with E-state index in [4.69, 9.17) is 0 Å². The first kappa shape index (κ1) is 21.3. The van der Waals surface area contributed by atoms with Gasteiger partial charge in [0.25, 0.3) is 10.0 Å². The molecule has 2 aromatic carbocycles. The molecule has 160 valence electrons. The van der Waals surface area contributed by atoms with Crippen LogP contribution < -0.4 is 9.62 Å². The number of carbonyl (C=O) groups excluding carboxylic acids is 1. The number of hydrogen-bond acceptors (Lipinski definition) is 6. The molecule has 0 unspecified atom stereocenters. The lowest BCUT2D eigenvalue weighted by molar-refractivity contribution is -0.113. The number of hydrogen-bond donors (Lipinski definition) is 1. The monoisotopic (exact) mass is 454 g/mol. The molecule has 1 amide bonds. The van der Waals surface area contributed by atoms with E-state index in [2.05, 4.69) is 15.3 Å². The first-order chi connectivity index (χ1) is 14.8. The number of sulfonamides is 1. The first-order valence-electron chi connectivity index (χ1n) is 9.80. The molecule has 1 aliphatic rings. The lowest BCUT2D eigenvalue weighted by atomic mass is 10.1. The fraction of sp³-hybridized carbons (Fsp3) is 0.227. The van der Waals surface area contributed by atoms with Crippen molar-refractivity contribution in [1.29, 1.82) is 0 Å². The minimum Gasteiger partial charge on any atom is -0.325 e. The zero-order chi connectivity index (χ0) is 22.2. The van der Waals surface area contributed by atoms with Crippen LogP contribution in [0.3, 0.4) is 0 Å². The molecule has 1 N–H and O–H groups in total. The van der Waals surface area contributed by atoms with Crippen LogP contribution in [-0.4, -0.2) is 36.6 Å². The number of fused-ring (bicyclic) bond motifs is 3.